The van der Waals surface area contributed by atoms with E-state index in [1.54, 1.807) is 19.3 Å². The van der Waals surface area contributed by atoms with Crippen LogP contribution in [0.3, 0.4) is 0 Å². The molecule has 2 aromatic heterocycles. The molecule has 0 atom stereocenters. The number of halogens is 1. The molecule has 0 unspecified atom stereocenters. The smallest absolute Gasteiger partial charge is 0.347 e. The highest BCUT2D eigenvalue weighted by atomic mass is 35.5. The molecule has 2 rings (SSSR count). The number of nitrogens with zero attached hydrogens (tertiary/aromatic N) is 2. The SMILES string of the molecule is Cc1nc(SCc2ccncc2Cl)sc1C(=O)O. The van der Waals surface area contributed by atoms with Crippen molar-refractivity contribution < 1.29 is 9.90 Å². The fourth-order valence-corrected chi connectivity index (χ4v) is 3.59. The molecule has 2 heterocycles. The van der Waals surface area contributed by atoms with Crippen LogP contribution in [-0.2, 0) is 5.75 Å². The van der Waals surface area contributed by atoms with Gasteiger partial charge in [0, 0.05) is 18.1 Å². The number of aromatic carboxylic acids is 1. The fourth-order valence-electron chi connectivity index (χ4n) is 1.29. The molecular weight excluding hydrogens is 292 g/mol. The van der Waals surface area contributed by atoms with Crippen molar-refractivity contribution in [2.75, 3.05) is 0 Å². The molecule has 0 saturated carbocycles. The van der Waals surface area contributed by atoms with Crippen LogP contribution in [0.5, 0.6) is 0 Å². The van der Waals surface area contributed by atoms with Gasteiger partial charge in [-0.1, -0.05) is 23.4 Å². The largest absolute Gasteiger partial charge is 0.477 e. The van der Waals surface area contributed by atoms with Gasteiger partial charge in [-0.05, 0) is 18.6 Å². The first-order chi connectivity index (χ1) is 8.58. The van der Waals surface area contributed by atoms with Crippen LogP contribution in [0.1, 0.15) is 20.9 Å². The van der Waals surface area contributed by atoms with Crippen LogP contribution in [0.2, 0.25) is 5.02 Å². The number of pyridine rings is 1. The van der Waals surface area contributed by atoms with Gasteiger partial charge in [-0.3, -0.25) is 4.98 Å². The van der Waals surface area contributed by atoms with Crippen molar-refractivity contribution in [1.29, 1.82) is 0 Å². The number of carboxylic acids is 1. The molecule has 1 N–H and O–H groups in total. The van der Waals surface area contributed by atoms with Crippen LogP contribution in [0.4, 0.5) is 0 Å². The van der Waals surface area contributed by atoms with Gasteiger partial charge in [-0.2, -0.15) is 0 Å². The third-order valence-electron chi connectivity index (χ3n) is 2.18. The van der Waals surface area contributed by atoms with Crippen LogP contribution in [0.25, 0.3) is 0 Å². The summed E-state index contributed by atoms with van der Waals surface area (Å²) in [5.74, 6) is -0.285. The zero-order valence-corrected chi connectivity index (χ0v) is 11.8. The third kappa shape index (κ3) is 3.01. The minimum Gasteiger partial charge on any atom is -0.477 e. The van der Waals surface area contributed by atoms with Crippen molar-refractivity contribution in [3.05, 3.63) is 39.6 Å². The normalized spacial score (nSPS) is 10.6. The molecule has 0 bridgehead atoms. The first kappa shape index (κ1) is 13.3. The van der Waals surface area contributed by atoms with E-state index >= 15 is 0 Å². The molecule has 7 heteroatoms. The average Bonchev–Trinajstić information content (AvgIpc) is 2.70. The molecule has 0 aromatic carbocycles. The highest BCUT2D eigenvalue weighted by Crippen LogP contribution is 2.31. The van der Waals surface area contributed by atoms with Gasteiger partial charge in [0.15, 0.2) is 4.34 Å². The van der Waals surface area contributed by atoms with Crippen molar-refractivity contribution in [2.45, 2.75) is 17.0 Å². The predicted octanol–water partition coefficient (Wildman–Crippen LogP) is 3.49. The van der Waals surface area contributed by atoms with E-state index in [-0.39, 0.29) is 0 Å². The highest BCUT2D eigenvalue weighted by molar-refractivity contribution is 8.00. The molecule has 2 aromatic rings. The maximum absolute atomic E-state index is 10.9. The van der Waals surface area contributed by atoms with E-state index in [1.807, 2.05) is 6.07 Å². The van der Waals surface area contributed by atoms with Crippen LogP contribution < -0.4 is 0 Å². The summed E-state index contributed by atoms with van der Waals surface area (Å²) in [6.45, 7) is 1.70. The van der Waals surface area contributed by atoms with Gasteiger partial charge in [0.1, 0.15) is 4.88 Å². The molecular formula is C11H9ClN2O2S2. The number of hydrogen-bond donors (Lipinski definition) is 1. The van der Waals surface area contributed by atoms with Crippen molar-refractivity contribution >= 4 is 40.7 Å². The molecule has 0 aliphatic carbocycles. The average molecular weight is 301 g/mol. The number of hydrogen-bond acceptors (Lipinski definition) is 5. The Hall–Kier alpha value is -1.11. The number of aromatic nitrogens is 2. The lowest BCUT2D eigenvalue weighted by atomic mass is 10.3. The number of rotatable bonds is 4. The Morgan fingerprint density at radius 1 is 1.61 bits per heavy atom. The van der Waals surface area contributed by atoms with Crippen molar-refractivity contribution in [3.63, 3.8) is 0 Å². The van der Waals surface area contributed by atoms with Gasteiger partial charge >= 0.3 is 5.97 Å². The lowest BCUT2D eigenvalue weighted by Crippen LogP contribution is -1.94. The molecule has 4 nitrogen and oxygen atoms in total. The highest BCUT2D eigenvalue weighted by Gasteiger charge is 2.14. The summed E-state index contributed by atoms with van der Waals surface area (Å²) >= 11 is 8.65. The molecule has 94 valence electrons. The lowest BCUT2D eigenvalue weighted by Gasteiger charge is -2.00. The lowest BCUT2D eigenvalue weighted by molar-refractivity contribution is 0.0701. The Bertz CT molecular complexity index is 586. The van der Waals surface area contributed by atoms with Gasteiger partial charge in [-0.15, -0.1) is 11.3 Å². The standard InChI is InChI=1S/C11H9ClN2O2S2/c1-6-9(10(15)16)18-11(14-6)17-5-7-2-3-13-4-8(7)12/h2-4H,5H2,1H3,(H,15,16). The maximum atomic E-state index is 10.9. The number of aryl methyl sites for hydroxylation is 1. The summed E-state index contributed by atoms with van der Waals surface area (Å²) in [6, 6.07) is 1.84. The van der Waals surface area contributed by atoms with Crippen molar-refractivity contribution in [2.24, 2.45) is 0 Å². The first-order valence-electron chi connectivity index (χ1n) is 5.00. The van der Waals surface area contributed by atoms with Crippen LogP contribution in [-0.4, -0.2) is 21.0 Å². The number of carboxylic acid groups (broad SMARTS) is 1. The van der Waals surface area contributed by atoms with E-state index in [9.17, 15) is 4.79 Å². The Morgan fingerprint density at radius 2 is 2.39 bits per heavy atom. The van der Waals surface area contributed by atoms with Gasteiger partial charge in [0.25, 0.3) is 0 Å². The van der Waals surface area contributed by atoms with Crippen molar-refractivity contribution in [3.8, 4) is 0 Å². The summed E-state index contributed by atoms with van der Waals surface area (Å²) < 4.78 is 0.734. The third-order valence-corrected chi connectivity index (χ3v) is 4.86. The summed E-state index contributed by atoms with van der Waals surface area (Å²) in [4.78, 5) is 19.3. The quantitative estimate of drug-likeness (QED) is 0.876. The first-order valence-corrected chi connectivity index (χ1v) is 7.18. The zero-order chi connectivity index (χ0) is 13.1. The van der Waals surface area contributed by atoms with Crippen molar-refractivity contribution in [1.82, 2.24) is 9.97 Å². The van der Waals surface area contributed by atoms with E-state index in [4.69, 9.17) is 16.7 Å². The topological polar surface area (TPSA) is 63.1 Å². The molecule has 0 amide bonds. The van der Waals surface area contributed by atoms with Gasteiger partial charge in [0.2, 0.25) is 0 Å². The van der Waals surface area contributed by atoms with Gasteiger partial charge in [-0.25, -0.2) is 9.78 Å². The molecule has 0 aliphatic heterocycles. The molecule has 0 spiro atoms. The minimum absolute atomic E-state index is 0.290. The Morgan fingerprint density at radius 3 is 3.00 bits per heavy atom. The molecule has 0 saturated heterocycles. The Labute approximate surface area is 117 Å². The van der Waals surface area contributed by atoms with E-state index in [1.165, 1.54) is 23.1 Å². The molecule has 0 aliphatic rings. The van der Waals surface area contributed by atoms with Crippen LogP contribution in [0.15, 0.2) is 22.8 Å². The summed E-state index contributed by atoms with van der Waals surface area (Å²) in [5.41, 5.74) is 1.51. The second-order valence-electron chi connectivity index (χ2n) is 3.46. The van der Waals surface area contributed by atoms with E-state index in [0.29, 0.717) is 21.3 Å². The summed E-state index contributed by atoms with van der Waals surface area (Å²) in [7, 11) is 0. The number of thiazole rings is 1. The number of carbonyl (C=O) groups is 1. The second-order valence-corrected chi connectivity index (χ2v) is 6.08. The summed E-state index contributed by atoms with van der Waals surface area (Å²) in [5, 5.41) is 9.55. The zero-order valence-electron chi connectivity index (χ0n) is 9.38. The number of thioether (sulfide) groups is 1. The van der Waals surface area contributed by atoms with E-state index in [2.05, 4.69) is 9.97 Å². The Balaban J connectivity index is 2.09. The monoisotopic (exact) mass is 300 g/mol. The Kier molecular flexibility index (Phi) is 4.21. The maximum Gasteiger partial charge on any atom is 0.347 e. The summed E-state index contributed by atoms with van der Waals surface area (Å²) in [6.07, 6.45) is 3.27. The predicted molar refractivity (Wildman–Crippen MR) is 72.6 cm³/mol. The molecule has 0 fully saturated rings. The van der Waals surface area contributed by atoms with Gasteiger partial charge in [0.05, 0.1) is 10.7 Å². The van der Waals surface area contributed by atoms with E-state index < -0.39 is 5.97 Å². The molecule has 0 radical (unpaired) electrons. The van der Waals surface area contributed by atoms with Crippen LogP contribution >= 0.6 is 34.7 Å². The molecule has 18 heavy (non-hydrogen) atoms. The van der Waals surface area contributed by atoms with E-state index in [0.717, 1.165) is 9.90 Å². The second kappa shape index (κ2) is 5.69. The fraction of sp³-hybridized carbons (Fsp3) is 0.182. The van der Waals surface area contributed by atoms with Gasteiger partial charge < -0.3 is 5.11 Å². The minimum atomic E-state index is -0.932. The van der Waals surface area contributed by atoms with Crippen LogP contribution in [0, 0.1) is 6.92 Å².